The molecule has 0 heterocycles. The molecule has 2 aromatic rings. The Bertz CT molecular complexity index is 659. The van der Waals surface area contributed by atoms with Gasteiger partial charge in [-0.1, -0.05) is 42.5 Å². The van der Waals surface area contributed by atoms with Crippen molar-refractivity contribution in [2.24, 2.45) is 5.73 Å². The van der Waals surface area contributed by atoms with Crippen LogP contribution in [0.25, 0.3) is 0 Å². The Morgan fingerprint density at radius 2 is 1.79 bits per heavy atom. The monoisotopic (exact) mass is 362 g/mol. The lowest BCUT2D eigenvalue weighted by Gasteiger charge is -2.26. The van der Waals surface area contributed by atoms with Crippen LogP contribution < -0.4 is 5.73 Å². The van der Waals surface area contributed by atoms with Crippen LogP contribution in [0.15, 0.2) is 59.5 Å². The lowest BCUT2D eigenvalue weighted by atomic mass is 10.1. The van der Waals surface area contributed by atoms with E-state index in [9.17, 15) is 4.79 Å². The summed E-state index contributed by atoms with van der Waals surface area (Å²) in [4.78, 5) is 16.0. The number of thioether (sulfide) groups is 1. The third-order valence-electron chi connectivity index (χ3n) is 4.21. The van der Waals surface area contributed by atoms with Gasteiger partial charge in [-0.05, 0) is 42.4 Å². The minimum atomic E-state index is -0.581. The molecule has 2 aromatic carbocycles. The number of hydrogen-bond donors (Lipinski definition) is 1. The van der Waals surface area contributed by atoms with Crippen LogP contribution in [0.1, 0.15) is 30.0 Å². The molecule has 1 saturated carbocycles. The maximum Gasteiger partial charge on any atom is 0.244 e. The van der Waals surface area contributed by atoms with Crippen molar-refractivity contribution >= 4 is 30.1 Å². The largest absolute Gasteiger partial charge is 0.334 e. The zero-order valence-electron chi connectivity index (χ0n) is 13.7. The predicted octanol–water partition coefficient (Wildman–Crippen LogP) is 4.02. The Morgan fingerprint density at radius 3 is 2.33 bits per heavy atom. The van der Waals surface area contributed by atoms with Gasteiger partial charge in [-0.25, -0.2) is 0 Å². The van der Waals surface area contributed by atoms with E-state index in [1.807, 2.05) is 35.2 Å². The first-order valence-electron chi connectivity index (χ1n) is 7.93. The maximum absolute atomic E-state index is 12.8. The predicted molar refractivity (Wildman–Crippen MR) is 102 cm³/mol. The lowest BCUT2D eigenvalue weighted by molar-refractivity contribution is -0.134. The zero-order valence-corrected chi connectivity index (χ0v) is 15.4. The summed E-state index contributed by atoms with van der Waals surface area (Å²) in [5.41, 5.74) is 8.24. The fraction of sp³-hybridized carbons (Fsp3) is 0.316. The smallest absolute Gasteiger partial charge is 0.244 e. The van der Waals surface area contributed by atoms with E-state index < -0.39 is 6.04 Å². The first-order chi connectivity index (χ1) is 11.2. The van der Waals surface area contributed by atoms with Crippen LogP contribution in [0, 0.1) is 0 Å². The highest BCUT2D eigenvalue weighted by molar-refractivity contribution is 7.98. The quantitative estimate of drug-likeness (QED) is 0.789. The summed E-state index contributed by atoms with van der Waals surface area (Å²) < 4.78 is 0. The standard InChI is InChI=1S/C19H22N2OS.ClH/c1-23-17-11-7-14(8-12-17)13-21(16-9-10-16)19(22)18(20)15-5-3-2-4-6-15;/h2-8,11-12,16,18H,9-10,13,20H2,1H3;1H/t18-;/m1./s1. The summed E-state index contributed by atoms with van der Waals surface area (Å²) in [6, 6.07) is 17.8. The minimum Gasteiger partial charge on any atom is -0.334 e. The van der Waals surface area contributed by atoms with E-state index in [1.165, 1.54) is 4.90 Å². The molecule has 3 nitrogen and oxygen atoms in total. The molecule has 1 atom stereocenters. The van der Waals surface area contributed by atoms with Gasteiger partial charge in [0.25, 0.3) is 0 Å². The summed E-state index contributed by atoms with van der Waals surface area (Å²) in [5.74, 6) is 0.0210. The van der Waals surface area contributed by atoms with Gasteiger partial charge in [-0.2, -0.15) is 0 Å². The first kappa shape index (κ1) is 18.8. The number of carbonyl (C=O) groups excluding carboxylic acids is 1. The summed E-state index contributed by atoms with van der Waals surface area (Å²) in [6.07, 6.45) is 4.22. The van der Waals surface area contributed by atoms with Crippen molar-refractivity contribution in [2.75, 3.05) is 6.26 Å². The fourth-order valence-electron chi connectivity index (χ4n) is 2.68. The molecular formula is C19H23ClN2OS. The number of benzene rings is 2. The van der Waals surface area contributed by atoms with Crippen molar-refractivity contribution < 1.29 is 4.79 Å². The van der Waals surface area contributed by atoms with Crippen molar-refractivity contribution in [1.82, 2.24) is 4.90 Å². The molecule has 128 valence electrons. The normalized spacial score (nSPS) is 14.6. The maximum atomic E-state index is 12.8. The molecule has 1 amide bonds. The van der Waals surface area contributed by atoms with E-state index in [0.29, 0.717) is 12.6 Å². The van der Waals surface area contributed by atoms with Crippen LogP contribution in [-0.4, -0.2) is 23.1 Å². The molecule has 3 rings (SSSR count). The van der Waals surface area contributed by atoms with Crippen LogP contribution in [0.2, 0.25) is 0 Å². The molecule has 2 N–H and O–H groups in total. The zero-order chi connectivity index (χ0) is 16.2. The average molecular weight is 363 g/mol. The van der Waals surface area contributed by atoms with Crippen molar-refractivity contribution in [3.05, 3.63) is 65.7 Å². The Hall–Kier alpha value is -1.49. The highest BCUT2D eigenvalue weighted by Crippen LogP contribution is 2.31. The molecule has 0 spiro atoms. The molecule has 0 bridgehead atoms. The van der Waals surface area contributed by atoms with Crippen LogP contribution in [0.3, 0.4) is 0 Å². The van der Waals surface area contributed by atoms with Crippen LogP contribution >= 0.6 is 24.2 Å². The molecule has 0 aliphatic heterocycles. The number of rotatable bonds is 6. The first-order valence-corrected chi connectivity index (χ1v) is 9.15. The Balaban J connectivity index is 0.00000208. The Labute approximate surface area is 154 Å². The van der Waals surface area contributed by atoms with E-state index in [-0.39, 0.29) is 18.3 Å². The second-order valence-corrected chi connectivity index (χ2v) is 6.81. The van der Waals surface area contributed by atoms with Gasteiger partial charge in [0.1, 0.15) is 6.04 Å². The number of halogens is 1. The van der Waals surface area contributed by atoms with Crippen LogP contribution in [-0.2, 0) is 11.3 Å². The molecule has 0 aromatic heterocycles. The third-order valence-corrected chi connectivity index (χ3v) is 4.95. The second kappa shape index (κ2) is 8.56. The number of nitrogens with zero attached hydrogens (tertiary/aromatic N) is 1. The molecule has 1 aliphatic rings. The topological polar surface area (TPSA) is 46.3 Å². The molecule has 0 radical (unpaired) electrons. The fourth-order valence-corrected chi connectivity index (χ4v) is 3.09. The van der Waals surface area contributed by atoms with Crippen molar-refractivity contribution in [3.8, 4) is 0 Å². The van der Waals surface area contributed by atoms with Crippen molar-refractivity contribution in [3.63, 3.8) is 0 Å². The Morgan fingerprint density at radius 1 is 1.17 bits per heavy atom. The van der Waals surface area contributed by atoms with E-state index in [4.69, 9.17) is 5.73 Å². The van der Waals surface area contributed by atoms with Gasteiger partial charge in [0, 0.05) is 17.5 Å². The molecule has 24 heavy (non-hydrogen) atoms. The molecule has 0 saturated heterocycles. The van der Waals surface area contributed by atoms with Gasteiger partial charge in [-0.3, -0.25) is 4.79 Å². The molecule has 5 heteroatoms. The van der Waals surface area contributed by atoms with Gasteiger partial charge < -0.3 is 10.6 Å². The number of amides is 1. The van der Waals surface area contributed by atoms with Gasteiger partial charge in [0.15, 0.2) is 0 Å². The van der Waals surface area contributed by atoms with E-state index >= 15 is 0 Å². The van der Waals surface area contributed by atoms with Crippen molar-refractivity contribution in [2.45, 2.75) is 36.4 Å². The SMILES string of the molecule is CSc1ccc(CN(C(=O)[C@H](N)c2ccccc2)C2CC2)cc1.Cl. The molecule has 1 fully saturated rings. The number of carbonyl (C=O) groups is 1. The molecular weight excluding hydrogens is 340 g/mol. The second-order valence-electron chi connectivity index (χ2n) is 5.93. The van der Waals surface area contributed by atoms with Gasteiger partial charge in [-0.15, -0.1) is 24.2 Å². The summed E-state index contributed by atoms with van der Waals surface area (Å²) in [7, 11) is 0. The highest BCUT2D eigenvalue weighted by atomic mass is 35.5. The Kier molecular flexibility index (Phi) is 6.72. The van der Waals surface area contributed by atoms with E-state index in [0.717, 1.165) is 24.0 Å². The summed E-state index contributed by atoms with van der Waals surface area (Å²) in [5, 5.41) is 0. The van der Waals surface area contributed by atoms with E-state index in [1.54, 1.807) is 11.8 Å². The summed E-state index contributed by atoms with van der Waals surface area (Å²) in [6.45, 7) is 0.638. The highest BCUT2D eigenvalue weighted by Gasteiger charge is 2.35. The van der Waals surface area contributed by atoms with E-state index in [2.05, 4.69) is 30.5 Å². The van der Waals surface area contributed by atoms with Crippen LogP contribution in [0.4, 0.5) is 0 Å². The van der Waals surface area contributed by atoms with Gasteiger partial charge in [0.05, 0.1) is 0 Å². The molecule has 0 unspecified atom stereocenters. The van der Waals surface area contributed by atoms with Gasteiger partial charge in [0.2, 0.25) is 5.91 Å². The van der Waals surface area contributed by atoms with Crippen LogP contribution in [0.5, 0.6) is 0 Å². The van der Waals surface area contributed by atoms with Crippen molar-refractivity contribution in [1.29, 1.82) is 0 Å². The number of hydrogen-bond acceptors (Lipinski definition) is 3. The third kappa shape index (κ3) is 4.53. The number of nitrogens with two attached hydrogens (primary N) is 1. The average Bonchev–Trinajstić information content (AvgIpc) is 3.44. The molecule has 1 aliphatic carbocycles. The van der Waals surface area contributed by atoms with Gasteiger partial charge >= 0.3 is 0 Å². The minimum absolute atomic E-state index is 0. The lowest BCUT2D eigenvalue weighted by Crippen LogP contribution is -2.39. The summed E-state index contributed by atoms with van der Waals surface area (Å²) >= 11 is 1.72.